The van der Waals surface area contributed by atoms with Crippen molar-refractivity contribution in [2.45, 2.75) is 25.8 Å². The zero-order chi connectivity index (χ0) is 25.6. The van der Waals surface area contributed by atoms with E-state index in [2.05, 4.69) is 25.4 Å². The molecule has 10 heteroatoms. The second-order valence-electron chi connectivity index (χ2n) is 8.77. The van der Waals surface area contributed by atoms with Gasteiger partial charge in [-0.15, -0.1) is 0 Å². The van der Waals surface area contributed by atoms with Crippen molar-refractivity contribution in [1.82, 2.24) is 24.7 Å². The highest BCUT2D eigenvalue weighted by Crippen LogP contribution is 2.37. The van der Waals surface area contributed by atoms with E-state index in [9.17, 15) is 13.6 Å². The third kappa shape index (κ3) is 4.09. The number of aromatic amines is 1. The third-order valence-corrected chi connectivity index (χ3v) is 6.25. The molecule has 0 amide bonds. The molecular weight excluding hydrogens is 466 g/mol. The number of hydrogen-bond acceptors (Lipinski definition) is 6. The summed E-state index contributed by atoms with van der Waals surface area (Å²) in [5.74, 6) is -2.24. The highest BCUT2D eigenvalue weighted by Gasteiger charge is 2.31. The second-order valence-corrected chi connectivity index (χ2v) is 8.77. The maximum absolute atomic E-state index is 14.1. The van der Waals surface area contributed by atoms with Crippen LogP contribution >= 0.6 is 0 Å². The van der Waals surface area contributed by atoms with E-state index in [1.807, 2.05) is 20.0 Å². The molecule has 184 valence electrons. The Bertz CT molecular complexity index is 1640. The predicted octanol–water partition coefficient (Wildman–Crippen LogP) is 4.44. The van der Waals surface area contributed by atoms with Crippen molar-refractivity contribution in [2.24, 2.45) is 7.05 Å². The number of pyridine rings is 1. The summed E-state index contributed by atoms with van der Waals surface area (Å²) in [5, 5.41) is 18.4. The van der Waals surface area contributed by atoms with Crippen LogP contribution in [0.2, 0.25) is 0 Å². The zero-order valence-corrected chi connectivity index (χ0v) is 19.9. The molecule has 0 fully saturated rings. The third-order valence-electron chi connectivity index (χ3n) is 6.25. The van der Waals surface area contributed by atoms with Crippen molar-refractivity contribution >= 4 is 27.6 Å². The largest absolute Gasteiger partial charge is 0.390 e. The van der Waals surface area contributed by atoms with Gasteiger partial charge in [0.1, 0.15) is 18.2 Å². The van der Waals surface area contributed by atoms with E-state index in [1.54, 1.807) is 42.2 Å². The number of anilines is 1. The van der Waals surface area contributed by atoms with E-state index in [4.69, 9.17) is 5.11 Å². The van der Waals surface area contributed by atoms with Crippen LogP contribution in [0.5, 0.6) is 0 Å². The van der Waals surface area contributed by atoms with Gasteiger partial charge in [0.15, 0.2) is 0 Å². The number of hydrogen-bond donors (Lipinski definition) is 3. The summed E-state index contributed by atoms with van der Waals surface area (Å²) >= 11 is 0. The molecule has 3 N–H and O–H groups in total. The molecular formula is C26H24F2N6O2. The molecule has 0 aliphatic rings. The summed E-state index contributed by atoms with van der Waals surface area (Å²) in [7, 11) is 1.84. The highest BCUT2D eigenvalue weighted by molar-refractivity contribution is 6.13. The molecule has 0 spiro atoms. The summed E-state index contributed by atoms with van der Waals surface area (Å²) in [6.07, 6.45) is 3.39. The van der Waals surface area contributed by atoms with Crippen LogP contribution in [-0.2, 0) is 13.0 Å². The summed E-state index contributed by atoms with van der Waals surface area (Å²) < 4.78 is 29.9. The van der Waals surface area contributed by atoms with Gasteiger partial charge in [-0.25, -0.2) is 9.97 Å². The molecule has 1 atom stereocenters. The first-order chi connectivity index (χ1) is 17.2. The molecule has 36 heavy (non-hydrogen) atoms. The number of rotatable bonds is 6. The predicted molar refractivity (Wildman–Crippen MR) is 134 cm³/mol. The van der Waals surface area contributed by atoms with Gasteiger partial charge in [-0.2, -0.15) is 13.9 Å². The Morgan fingerprint density at radius 1 is 1.17 bits per heavy atom. The fraction of sp³-hybridized carbons (Fsp3) is 0.231. The topological polar surface area (TPSA) is 109 Å². The van der Waals surface area contributed by atoms with Gasteiger partial charge in [-0.05, 0) is 37.6 Å². The first-order valence-electron chi connectivity index (χ1n) is 11.4. The van der Waals surface area contributed by atoms with Gasteiger partial charge >= 0.3 is 0 Å². The first-order valence-corrected chi connectivity index (χ1v) is 11.4. The zero-order valence-electron chi connectivity index (χ0n) is 19.9. The monoisotopic (exact) mass is 490 g/mol. The quantitative estimate of drug-likeness (QED) is 0.325. The fourth-order valence-corrected chi connectivity index (χ4v) is 4.39. The van der Waals surface area contributed by atoms with E-state index in [0.717, 1.165) is 27.4 Å². The van der Waals surface area contributed by atoms with Crippen LogP contribution in [0.3, 0.4) is 0 Å². The number of nitrogens with zero attached hydrogens (tertiary/aromatic N) is 4. The van der Waals surface area contributed by atoms with Gasteiger partial charge in [-0.3, -0.25) is 9.48 Å². The number of halogens is 2. The number of H-pyrrole nitrogens is 1. The van der Waals surface area contributed by atoms with Gasteiger partial charge < -0.3 is 15.4 Å². The maximum Gasteiger partial charge on any atom is 0.295 e. The van der Waals surface area contributed by atoms with E-state index < -0.39 is 12.5 Å². The average molecular weight is 491 g/mol. The minimum absolute atomic E-state index is 0.204. The Hall–Kier alpha value is -4.18. The number of aromatic nitrogens is 5. The minimum atomic E-state index is -3.33. The molecule has 5 rings (SSSR count). The molecule has 0 saturated carbocycles. The van der Waals surface area contributed by atoms with Gasteiger partial charge in [0, 0.05) is 52.8 Å². The summed E-state index contributed by atoms with van der Waals surface area (Å²) in [6.45, 7) is 2.38. The van der Waals surface area contributed by atoms with Crippen LogP contribution in [0.25, 0.3) is 32.9 Å². The first kappa shape index (κ1) is 23.6. The number of aliphatic hydroxyl groups is 1. The number of alkyl halides is 2. The maximum atomic E-state index is 14.1. The molecule has 0 radical (unpaired) electrons. The number of benzene rings is 2. The number of nitrogens with one attached hydrogen (secondary N) is 2. The van der Waals surface area contributed by atoms with Gasteiger partial charge in [0.2, 0.25) is 5.56 Å². The molecule has 5 aromatic rings. The summed E-state index contributed by atoms with van der Waals surface area (Å²) in [5.41, 5.74) is 3.35. The lowest BCUT2D eigenvalue weighted by Crippen LogP contribution is -2.19. The summed E-state index contributed by atoms with van der Waals surface area (Å²) in [4.78, 5) is 23.6. The Labute approximate surface area is 204 Å². The summed E-state index contributed by atoms with van der Waals surface area (Å²) in [6, 6.07) is 10.7. The SMILES string of the molecule is Cc1nc(NC(C)c2cccc(C(F)(F)CO)c2)c2cc(-c3ccc(=O)[nH]c3)c3c(cnn3C)c2n1. The van der Waals surface area contributed by atoms with Gasteiger partial charge in [0.05, 0.1) is 17.2 Å². The van der Waals surface area contributed by atoms with E-state index >= 15 is 0 Å². The number of aryl methyl sites for hydroxylation is 2. The van der Waals surface area contributed by atoms with E-state index in [1.165, 1.54) is 18.2 Å². The number of fused-ring (bicyclic) bond motifs is 3. The highest BCUT2D eigenvalue weighted by atomic mass is 19.3. The molecule has 8 nitrogen and oxygen atoms in total. The molecule has 1 unspecified atom stereocenters. The molecule has 0 saturated heterocycles. The van der Waals surface area contributed by atoms with Crippen LogP contribution in [-0.4, -0.2) is 36.4 Å². The minimum Gasteiger partial charge on any atom is -0.390 e. The lowest BCUT2D eigenvalue weighted by molar-refractivity contribution is -0.0556. The lowest BCUT2D eigenvalue weighted by Gasteiger charge is -2.20. The molecule has 3 heterocycles. The fourth-order valence-electron chi connectivity index (χ4n) is 4.39. The Balaban J connectivity index is 1.66. The molecule has 3 aromatic heterocycles. The lowest BCUT2D eigenvalue weighted by atomic mass is 10.00. The Kier molecular flexibility index (Phi) is 5.76. The van der Waals surface area contributed by atoms with Crippen LogP contribution in [0.4, 0.5) is 14.6 Å². The van der Waals surface area contributed by atoms with E-state index in [0.29, 0.717) is 22.7 Å². The number of aliphatic hydroxyl groups excluding tert-OH is 1. The van der Waals surface area contributed by atoms with Crippen molar-refractivity contribution in [3.8, 4) is 11.1 Å². The normalized spacial score (nSPS) is 12.8. The van der Waals surface area contributed by atoms with Crippen LogP contribution in [0.1, 0.15) is 29.9 Å². The smallest absolute Gasteiger partial charge is 0.295 e. The van der Waals surface area contributed by atoms with Gasteiger partial charge in [0.25, 0.3) is 5.92 Å². The Morgan fingerprint density at radius 2 is 1.97 bits per heavy atom. The van der Waals surface area contributed by atoms with Crippen molar-refractivity contribution in [3.63, 3.8) is 0 Å². The second kappa shape index (κ2) is 8.80. The van der Waals surface area contributed by atoms with Crippen molar-refractivity contribution < 1.29 is 13.9 Å². The molecule has 0 bridgehead atoms. The molecule has 0 aliphatic carbocycles. The van der Waals surface area contributed by atoms with Crippen molar-refractivity contribution in [3.05, 3.63) is 82.2 Å². The Morgan fingerprint density at radius 3 is 2.69 bits per heavy atom. The molecule has 2 aromatic carbocycles. The average Bonchev–Trinajstić information content (AvgIpc) is 3.26. The van der Waals surface area contributed by atoms with Crippen LogP contribution in [0, 0.1) is 6.92 Å². The van der Waals surface area contributed by atoms with Crippen LogP contribution < -0.4 is 10.9 Å². The van der Waals surface area contributed by atoms with Crippen molar-refractivity contribution in [1.29, 1.82) is 0 Å². The molecule has 0 aliphatic heterocycles. The van der Waals surface area contributed by atoms with E-state index in [-0.39, 0.29) is 17.2 Å². The standard InChI is InChI=1S/C26H24F2N6O2/c1-14(16-5-4-6-18(9-16)26(27,28)13-35)31-25-20-10-19(17-7-8-22(36)29-11-17)24-21(12-30-34(24)3)23(20)32-15(2)33-25/h4-12,14,35H,13H2,1-3H3,(H,29,36)(H,31,32,33). The van der Waals surface area contributed by atoms with Crippen molar-refractivity contribution in [2.75, 3.05) is 11.9 Å². The van der Waals surface area contributed by atoms with Crippen LogP contribution in [0.15, 0.2) is 59.7 Å². The van der Waals surface area contributed by atoms with Gasteiger partial charge in [-0.1, -0.05) is 18.2 Å².